The summed E-state index contributed by atoms with van der Waals surface area (Å²) in [7, 11) is 0. The molecule has 0 spiro atoms. The molecular formula is C35H33Cl2NO4. The van der Waals surface area contributed by atoms with Crippen LogP contribution in [0.2, 0.25) is 10.0 Å². The number of carbonyl (C=O) groups excluding carboxylic acids is 2. The minimum atomic E-state index is -0.482. The van der Waals surface area contributed by atoms with E-state index in [0.717, 1.165) is 64.9 Å². The van der Waals surface area contributed by atoms with Crippen LogP contribution < -0.4 is 9.47 Å². The van der Waals surface area contributed by atoms with E-state index in [1.54, 1.807) is 0 Å². The third-order valence-corrected chi connectivity index (χ3v) is 8.76. The summed E-state index contributed by atoms with van der Waals surface area (Å²) in [6, 6.07) is 21.4. The van der Waals surface area contributed by atoms with Crippen molar-refractivity contribution in [2.24, 2.45) is 0 Å². The lowest BCUT2D eigenvalue weighted by atomic mass is 9.71. The van der Waals surface area contributed by atoms with Gasteiger partial charge in [0, 0.05) is 52.9 Å². The van der Waals surface area contributed by atoms with E-state index in [0.29, 0.717) is 47.5 Å². The molecule has 3 aromatic carbocycles. The number of halogens is 2. The van der Waals surface area contributed by atoms with E-state index in [1.165, 1.54) is 0 Å². The highest BCUT2D eigenvalue weighted by Gasteiger charge is 2.43. The SMILES string of the molecule is CCOc1cc(C2C3=C(CCCC3=O)N(Cc3ccccc3)C3=C2C(=O)CCC3)cc(Cl)c1OCc1ccc(Cl)cc1. The molecule has 1 heterocycles. The molecule has 0 radical (unpaired) electrons. The van der Waals surface area contributed by atoms with Crippen molar-refractivity contribution in [2.75, 3.05) is 6.61 Å². The maximum Gasteiger partial charge on any atom is 0.180 e. The van der Waals surface area contributed by atoms with Crippen LogP contribution in [0.1, 0.15) is 68.1 Å². The van der Waals surface area contributed by atoms with Gasteiger partial charge in [-0.25, -0.2) is 0 Å². The number of Topliss-reactive ketones (excluding diaryl/α,β-unsaturated/α-hetero) is 2. The Kier molecular flexibility index (Phi) is 8.41. The molecular weight excluding hydrogens is 569 g/mol. The van der Waals surface area contributed by atoms with Crippen molar-refractivity contribution in [3.05, 3.63) is 116 Å². The molecule has 0 atom stereocenters. The molecule has 3 aliphatic rings. The smallest absolute Gasteiger partial charge is 0.180 e. The fourth-order valence-corrected chi connectivity index (χ4v) is 6.80. The highest BCUT2D eigenvalue weighted by atomic mass is 35.5. The molecule has 7 heteroatoms. The second-order valence-electron chi connectivity index (χ2n) is 11.0. The van der Waals surface area contributed by atoms with Gasteiger partial charge in [0.05, 0.1) is 11.6 Å². The van der Waals surface area contributed by atoms with E-state index in [2.05, 4.69) is 17.0 Å². The second-order valence-corrected chi connectivity index (χ2v) is 11.8. The first-order valence-electron chi connectivity index (χ1n) is 14.6. The zero-order valence-electron chi connectivity index (χ0n) is 23.6. The number of nitrogens with zero attached hydrogens (tertiary/aromatic N) is 1. The van der Waals surface area contributed by atoms with Crippen LogP contribution in [0.15, 0.2) is 89.3 Å². The fourth-order valence-electron chi connectivity index (χ4n) is 6.40. The summed E-state index contributed by atoms with van der Waals surface area (Å²) in [6.45, 7) is 3.23. The van der Waals surface area contributed by atoms with Gasteiger partial charge < -0.3 is 14.4 Å². The Morgan fingerprint density at radius 3 is 2.05 bits per heavy atom. The normalized spacial score (nSPS) is 17.4. The first-order valence-corrected chi connectivity index (χ1v) is 15.4. The third kappa shape index (κ3) is 5.60. The highest BCUT2D eigenvalue weighted by Crippen LogP contribution is 2.51. The average molecular weight is 603 g/mol. The summed E-state index contributed by atoms with van der Waals surface area (Å²) in [5.41, 5.74) is 6.38. The monoisotopic (exact) mass is 601 g/mol. The number of rotatable bonds is 8. The predicted octanol–water partition coefficient (Wildman–Crippen LogP) is 8.58. The number of carbonyl (C=O) groups is 2. The van der Waals surface area contributed by atoms with Crippen molar-refractivity contribution in [3.8, 4) is 11.5 Å². The van der Waals surface area contributed by atoms with Crippen molar-refractivity contribution in [1.29, 1.82) is 0 Å². The molecule has 0 amide bonds. The molecule has 0 saturated heterocycles. The van der Waals surface area contributed by atoms with Gasteiger partial charge in [-0.1, -0.05) is 65.7 Å². The summed E-state index contributed by atoms with van der Waals surface area (Å²) >= 11 is 12.9. The maximum atomic E-state index is 13.7. The molecule has 3 aromatic rings. The van der Waals surface area contributed by atoms with Gasteiger partial charge in [0.25, 0.3) is 0 Å². The van der Waals surface area contributed by atoms with Gasteiger partial charge in [-0.05, 0) is 73.6 Å². The fraction of sp³-hybridized carbons (Fsp3) is 0.314. The largest absolute Gasteiger partial charge is 0.490 e. The van der Waals surface area contributed by atoms with Crippen LogP contribution >= 0.6 is 23.2 Å². The van der Waals surface area contributed by atoms with Crippen molar-refractivity contribution >= 4 is 34.8 Å². The van der Waals surface area contributed by atoms with Gasteiger partial charge in [0.15, 0.2) is 23.1 Å². The van der Waals surface area contributed by atoms with E-state index < -0.39 is 5.92 Å². The lowest BCUT2D eigenvalue weighted by Gasteiger charge is -2.44. The number of ketones is 2. The molecule has 0 aromatic heterocycles. The number of ether oxygens (including phenoxy) is 2. The second kappa shape index (κ2) is 12.4. The molecule has 2 aliphatic carbocycles. The molecule has 0 bridgehead atoms. The van der Waals surface area contributed by atoms with Crippen LogP contribution in [0.4, 0.5) is 0 Å². The lowest BCUT2D eigenvalue weighted by Crippen LogP contribution is -2.38. The first-order chi connectivity index (χ1) is 20.4. The van der Waals surface area contributed by atoms with Crippen LogP contribution in [0.5, 0.6) is 11.5 Å². The van der Waals surface area contributed by atoms with Gasteiger partial charge in [-0.2, -0.15) is 0 Å². The van der Waals surface area contributed by atoms with Gasteiger partial charge in [0.1, 0.15) is 6.61 Å². The van der Waals surface area contributed by atoms with Crippen LogP contribution in [-0.4, -0.2) is 23.1 Å². The number of hydrogen-bond donors (Lipinski definition) is 0. The minimum absolute atomic E-state index is 0.0985. The molecule has 216 valence electrons. The zero-order chi connectivity index (χ0) is 29.2. The lowest BCUT2D eigenvalue weighted by molar-refractivity contribution is -0.117. The Labute approximate surface area is 256 Å². The zero-order valence-corrected chi connectivity index (χ0v) is 25.1. The van der Waals surface area contributed by atoms with Crippen molar-refractivity contribution in [1.82, 2.24) is 4.90 Å². The molecule has 0 N–H and O–H groups in total. The van der Waals surface area contributed by atoms with E-state index in [-0.39, 0.29) is 18.2 Å². The van der Waals surface area contributed by atoms with Crippen LogP contribution in [0.25, 0.3) is 0 Å². The molecule has 1 aliphatic heterocycles. The van der Waals surface area contributed by atoms with E-state index in [1.807, 2.05) is 61.5 Å². The standard InChI is InChI=1S/C35H33Cl2NO4/c1-2-41-31-19-24(18-26(37)35(31)42-21-23-14-16-25(36)17-15-23)32-33-27(10-6-12-29(33)39)38(20-22-8-4-3-5-9-22)28-11-7-13-30(40)34(28)32/h3-5,8-9,14-19,32H,2,6-7,10-13,20-21H2,1H3. The summed E-state index contributed by atoms with van der Waals surface area (Å²) in [6.07, 6.45) is 4.13. The maximum absolute atomic E-state index is 13.7. The van der Waals surface area contributed by atoms with E-state index in [4.69, 9.17) is 32.7 Å². The molecule has 0 saturated carbocycles. The molecule has 0 unspecified atom stereocenters. The Balaban J connectivity index is 1.45. The van der Waals surface area contributed by atoms with Crippen LogP contribution in [0, 0.1) is 0 Å². The quantitative estimate of drug-likeness (QED) is 0.259. The Morgan fingerprint density at radius 2 is 1.43 bits per heavy atom. The van der Waals surface area contributed by atoms with Gasteiger partial charge in [0.2, 0.25) is 0 Å². The van der Waals surface area contributed by atoms with Crippen molar-refractivity contribution in [3.63, 3.8) is 0 Å². The number of hydrogen-bond acceptors (Lipinski definition) is 5. The van der Waals surface area contributed by atoms with Crippen LogP contribution in [0.3, 0.4) is 0 Å². The Morgan fingerprint density at radius 1 is 0.786 bits per heavy atom. The first kappa shape index (κ1) is 28.6. The molecule has 5 nitrogen and oxygen atoms in total. The van der Waals surface area contributed by atoms with E-state index >= 15 is 0 Å². The van der Waals surface area contributed by atoms with E-state index in [9.17, 15) is 9.59 Å². The summed E-state index contributed by atoms with van der Waals surface area (Å²) in [5.74, 6) is 0.649. The van der Waals surface area contributed by atoms with Crippen molar-refractivity contribution in [2.45, 2.75) is 64.5 Å². The molecule has 42 heavy (non-hydrogen) atoms. The number of benzene rings is 3. The summed E-state index contributed by atoms with van der Waals surface area (Å²) in [5, 5.41) is 1.04. The van der Waals surface area contributed by atoms with Gasteiger partial charge in [-0.3, -0.25) is 9.59 Å². The topological polar surface area (TPSA) is 55.8 Å². The Hall–Kier alpha value is -3.54. The summed E-state index contributed by atoms with van der Waals surface area (Å²) in [4.78, 5) is 29.7. The van der Waals surface area contributed by atoms with Gasteiger partial charge >= 0.3 is 0 Å². The molecule has 6 rings (SSSR count). The van der Waals surface area contributed by atoms with Crippen molar-refractivity contribution < 1.29 is 19.1 Å². The number of allylic oxidation sites excluding steroid dienone is 4. The molecule has 0 fully saturated rings. The minimum Gasteiger partial charge on any atom is -0.490 e. The predicted molar refractivity (Wildman–Crippen MR) is 165 cm³/mol. The summed E-state index contributed by atoms with van der Waals surface area (Å²) < 4.78 is 12.2. The van der Waals surface area contributed by atoms with Gasteiger partial charge in [-0.15, -0.1) is 0 Å². The average Bonchev–Trinajstić information content (AvgIpc) is 2.99. The van der Waals surface area contributed by atoms with Crippen LogP contribution in [-0.2, 0) is 22.7 Å². The third-order valence-electron chi connectivity index (χ3n) is 8.23. The highest BCUT2D eigenvalue weighted by molar-refractivity contribution is 6.32. The Bertz CT molecular complexity index is 1530.